The SMILES string of the molecule is CN1C2CC3CC1CC(CNC(=O)c1c(O)c4ccccc4n(Cc4ccccc4)c1=O)(C3)C2. The van der Waals surface area contributed by atoms with Crippen molar-refractivity contribution in [1.29, 1.82) is 0 Å². The van der Waals surface area contributed by atoms with Crippen LogP contribution < -0.4 is 10.9 Å². The van der Waals surface area contributed by atoms with E-state index in [4.69, 9.17) is 0 Å². The number of benzene rings is 2. The van der Waals surface area contributed by atoms with E-state index in [1.165, 1.54) is 12.8 Å². The van der Waals surface area contributed by atoms with Crippen LogP contribution in [0.4, 0.5) is 0 Å². The Morgan fingerprint density at radius 2 is 1.71 bits per heavy atom. The van der Waals surface area contributed by atoms with Crippen molar-refractivity contribution in [3.8, 4) is 5.75 Å². The quantitative estimate of drug-likeness (QED) is 0.612. The molecule has 4 aliphatic rings. The van der Waals surface area contributed by atoms with Crippen molar-refractivity contribution in [2.24, 2.45) is 11.3 Å². The second-order valence-corrected chi connectivity index (χ2v) is 10.7. The first-order valence-corrected chi connectivity index (χ1v) is 12.3. The molecule has 1 amide bonds. The van der Waals surface area contributed by atoms with Crippen LogP contribution in [0.2, 0.25) is 0 Å². The van der Waals surface area contributed by atoms with E-state index in [1.54, 1.807) is 10.6 Å². The Balaban J connectivity index is 1.32. The Morgan fingerprint density at radius 3 is 2.44 bits per heavy atom. The third-order valence-corrected chi connectivity index (χ3v) is 8.60. The van der Waals surface area contributed by atoms with Gasteiger partial charge in [-0.2, -0.15) is 0 Å². The molecular formula is C28H31N3O3. The molecule has 4 bridgehead atoms. The highest BCUT2D eigenvalue weighted by Crippen LogP contribution is 2.55. The maximum Gasteiger partial charge on any atom is 0.268 e. The van der Waals surface area contributed by atoms with Crippen molar-refractivity contribution in [1.82, 2.24) is 14.8 Å². The van der Waals surface area contributed by atoms with Crippen LogP contribution in [0.3, 0.4) is 0 Å². The summed E-state index contributed by atoms with van der Waals surface area (Å²) < 4.78 is 1.60. The van der Waals surface area contributed by atoms with Crippen LogP contribution in [0.5, 0.6) is 5.75 Å². The lowest BCUT2D eigenvalue weighted by atomic mass is 9.55. The van der Waals surface area contributed by atoms with Gasteiger partial charge in [-0.3, -0.25) is 9.59 Å². The summed E-state index contributed by atoms with van der Waals surface area (Å²) in [4.78, 5) is 29.5. The van der Waals surface area contributed by atoms with Crippen molar-refractivity contribution in [3.05, 3.63) is 76.1 Å². The van der Waals surface area contributed by atoms with E-state index >= 15 is 0 Å². The maximum absolute atomic E-state index is 13.6. The molecule has 2 aromatic carbocycles. The van der Waals surface area contributed by atoms with Gasteiger partial charge in [-0.05, 0) is 68.2 Å². The molecule has 34 heavy (non-hydrogen) atoms. The fourth-order valence-corrected chi connectivity index (χ4v) is 7.07. The second-order valence-electron chi connectivity index (χ2n) is 10.7. The third kappa shape index (κ3) is 3.43. The molecule has 6 heteroatoms. The van der Waals surface area contributed by atoms with Gasteiger partial charge < -0.3 is 19.9 Å². The minimum atomic E-state index is -0.473. The van der Waals surface area contributed by atoms with Crippen LogP contribution in [0.15, 0.2) is 59.4 Å². The summed E-state index contributed by atoms with van der Waals surface area (Å²) in [7, 11) is 2.24. The normalized spacial score (nSPS) is 27.9. The zero-order valence-electron chi connectivity index (χ0n) is 19.5. The molecule has 176 valence electrons. The van der Waals surface area contributed by atoms with Crippen molar-refractivity contribution >= 4 is 16.8 Å². The third-order valence-electron chi connectivity index (χ3n) is 8.60. The van der Waals surface area contributed by atoms with Gasteiger partial charge in [-0.15, -0.1) is 0 Å². The molecule has 3 aromatic rings. The summed E-state index contributed by atoms with van der Waals surface area (Å²) >= 11 is 0. The number of carbonyl (C=O) groups is 1. The summed E-state index contributed by atoms with van der Waals surface area (Å²) in [6, 6.07) is 18.1. The smallest absolute Gasteiger partial charge is 0.268 e. The number of carbonyl (C=O) groups excluding carboxylic acids is 1. The Bertz CT molecular complexity index is 1300. The first-order chi connectivity index (χ1) is 16.4. The fourth-order valence-electron chi connectivity index (χ4n) is 7.07. The molecule has 6 nitrogen and oxygen atoms in total. The Hall–Kier alpha value is -3.12. The van der Waals surface area contributed by atoms with Gasteiger partial charge in [0, 0.05) is 24.0 Å². The number of fused-ring (bicyclic) bond motifs is 1. The summed E-state index contributed by atoms with van der Waals surface area (Å²) in [5, 5.41) is 14.6. The Kier molecular flexibility index (Phi) is 5.03. The van der Waals surface area contributed by atoms with E-state index in [0.717, 1.165) is 30.7 Å². The second kappa shape index (κ2) is 7.98. The molecule has 2 saturated heterocycles. The molecule has 2 saturated carbocycles. The van der Waals surface area contributed by atoms with E-state index < -0.39 is 11.5 Å². The number of nitrogens with zero attached hydrogens (tertiary/aromatic N) is 2. The van der Waals surface area contributed by atoms with Crippen LogP contribution >= 0.6 is 0 Å². The van der Waals surface area contributed by atoms with E-state index in [0.29, 0.717) is 36.1 Å². The molecule has 7 rings (SSSR count). The standard InChI is InChI=1S/C28H31N3O3/c1-30-20-11-19-12-21(30)15-28(13-19,14-20)17-29-26(33)24-25(32)22-9-5-6-10-23(22)31(27(24)34)16-18-7-3-2-4-8-18/h2-10,19-21,32H,11-17H2,1H3,(H,29,33). The molecule has 2 aliphatic carbocycles. The van der Waals surface area contributed by atoms with Crippen molar-refractivity contribution in [2.45, 2.75) is 50.7 Å². The molecule has 2 N–H and O–H groups in total. The number of hydrogen-bond acceptors (Lipinski definition) is 4. The first-order valence-electron chi connectivity index (χ1n) is 12.3. The molecule has 2 aliphatic heterocycles. The largest absolute Gasteiger partial charge is 0.506 e. The average Bonchev–Trinajstić information content (AvgIpc) is 2.84. The number of nitrogens with one attached hydrogen (secondary N) is 1. The van der Waals surface area contributed by atoms with E-state index in [-0.39, 0.29) is 16.7 Å². The monoisotopic (exact) mass is 457 g/mol. The van der Waals surface area contributed by atoms with Gasteiger partial charge in [0.15, 0.2) is 0 Å². The maximum atomic E-state index is 13.6. The number of hydrogen-bond donors (Lipinski definition) is 2. The molecule has 0 radical (unpaired) electrons. The highest BCUT2D eigenvalue weighted by atomic mass is 16.3. The van der Waals surface area contributed by atoms with Crippen LogP contribution in [-0.2, 0) is 6.54 Å². The zero-order chi connectivity index (χ0) is 23.4. The minimum Gasteiger partial charge on any atom is -0.506 e. The van der Waals surface area contributed by atoms with Gasteiger partial charge >= 0.3 is 0 Å². The van der Waals surface area contributed by atoms with Gasteiger partial charge in [-0.25, -0.2) is 0 Å². The molecule has 2 unspecified atom stereocenters. The summed E-state index contributed by atoms with van der Waals surface area (Å²) in [6.45, 7) is 0.898. The van der Waals surface area contributed by atoms with Gasteiger partial charge in [0.25, 0.3) is 11.5 Å². The average molecular weight is 458 g/mol. The molecular weight excluding hydrogens is 426 g/mol. The van der Waals surface area contributed by atoms with E-state index in [1.807, 2.05) is 48.5 Å². The van der Waals surface area contributed by atoms with Crippen molar-refractivity contribution in [3.63, 3.8) is 0 Å². The van der Waals surface area contributed by atoms with Crippen LogP contribution in [0.1, 0.15) is 48.0 Å². The van der Waals surface area contributed by atoms with Crippen LogP contribution in [-0.4, -0.2) is 46.2 Å². The lowest BCUT2D eigenvalue weighted by Crippen LogP contribution is -2.62. The molecule has 3 heterocycles. The lowest BCUT2D eigenvalue weighted by Gasteiger charge is -2.61. The first kappa shape index (κ1) is 21.4. The summed E-state index contributed by atoms with van der Waals surface area (Å²) in [5.41, 5.74) is 1.08. The minimum absolute atomic E-state index is 0.105. The predicted molar refractivity (Wildman–Crippen MR) is 132 cm³/mol. The number of pyridine rings is 1. The highest BCUT2D eigenvalue weighted by molar-refractivity contribution is 6.02. The topological polar surface area (TPSA) is 74.6 Å². The van der Waals surface area contributed by atoms with Gasteiger partial charge in [0.2, 0.25) is 0 Å². The number of piperidine rings is 2. The van der Waals surface area contributed by atoms with Crippen LogP contribution in [0, 0.1) is 11.3 Å². The summed E-state index contributed by atoms with van der Waals surface area (Å²) in [5.74, 6) is 0.0367. The number of amides is 1. The van der Waals surface area contributed by atoms with Crippen molar-refractivity contribution in [2.75, 3.05) is 13.6 Å². The lowest BCUT2D eigenvalue weighted by molar-refractivity contribution is -0.0941. The summed E-state index contributed by atoms with van der Waals surface area (Å²) in [6.07, 6.45) is 5.87. The van der Waals surface area contributed by atoms with Gasteiger partial charge in [0.05, 0.1) is 12.1 Å². The van der Waals surface area contributed by atoms with Crippen molar-refractivity contribution < 1.29 is 9.90 Å². The zero-order valence-corrected chi connectivity index (χ0v) is 19.5. The highest BCUT2D eigenvalue weighted by Gasteiger charge is 2.53. The molecule has 1 aromatic heterocycles. The molecule has 4 fully saturated rings. The van der Waals surface area contributed by atoms with E-state index in [9.17, 15) is 14.7 Å². The van der Waals surface area contributed by atoms with E-state index in [2.05, 4.69) is 17.3 Å². The van der Waals surface area contributed by atoms with Gasteiger partial charge in [0.1, 0.15) is 11.3 Å². The fraction of sp³-hybridized carbons (Fsp3) is 0.429. The Labute approximate surface area is 199 Å². The Morgan fingerprint density at radius 1 is 1.03 bits per heavy atom. The van der Waals surface area contributed by atoms with Gasteiger partial charge in [-0.1, -0.05) is 42.5 Å². The number of para-hydroxylation sites is 1. The number of aromatic hydroxyl groups is 1. The van der Waals surface area contributed by atoms with Crippen LogP contribution in [0.25, 0.3) is 10.9 Å². The number of rotatable bonds is 5. The molecule has 0 spiro atoms. The molecule has 2 atom stereocenters. The number of aromatic nitrogens is 1. The predicted octanol–water partition coefficient (Wildman–Crippen LogP) is 3.75.